The zero-order chi connectivity index (χ0) is 18.6. The van der Waals surface area contributed by atoms with Crippen LogP contribution in [0.2, 0.25) is 0 Å². The van der Waals surface area contributed by atoms with Crippen LogP contribution in [-0.2, 0) is 22.5 Å². The van der Waals surface area contributed by atoms with Crippen LogP contribution in [0.25, 0.3) is 11.0 Å². The Hall–Kier alpha value is -2.73. The highest BCUT2D eigenvalue weighted by atomic mass is 16.5. The first kappa shape index (κ1) is 17.7. The number of fused-ring (bicyclic) bond motifs is 1. The fourth-order valence-corrected chi connectivity index (χ4v) is 3.75. The second-order valence-corrected chi connectivity index (χ2v) is 7.08. The first-order valence-corrected chi connectivity index (χ1v) is 9.38. The minimum atomic E-state index is 0.0578. The Morgan fingerprint density at radius 1 is 1.22 bits per heavy atom. The lowest BCUT2D eigenvalue weighted by molar-refractivity contribution is -0.122. The summed E-state index contributed by atoms with van der Waals surface area (Å²) >= 11 is 0. The summed E-state index contributed by atoms with van der Waals surface area (Å²) in [5.41, 5.74) is 3.26. The Morgan fingerprint density at radius 2 is 2.04 bits per heavy atom. The van der Waals surface area contributed by atoms with Gasteiger partial charge in [-0.1, -0.05) is 12.1 Å². The number of ether oxygens (including phenoxy) is 1. The van der Waals surface area contributed by atoms with Gasteiger partial charge in [0.05, 0.1) is 30.3 Å². The minimum Gasteiger partial charge on any atom is -0.379 e. The van der Waals surface area contributed by atoms with Gasteiger partial charge in [-0.05, 0) is 43.2 Å². The Bertz CT molecular complexity index is 922. The number of amides is 1. The number of pyridine rings is 1. The van der Waals surface area contributed by atoms with E-state index in [1.807, 2.05) is 43.3 Å². The molecule has 6 nitrogen and oxygen atoms in total. The molecule has 140 valence electrons. The molecule has 0 aliphatic carbocycles. The first-order valence-electron chi connectivity index (χ1n) is 9.38. The molecule has 1 N–H and O–H groups in total. The van der Waals surface area contributed by atoms with E-state index in [0.717, 1.165) is 23.3 Å². The predicted molar refractivity (Wildman–Crippen MR) is 103 cm³/mol. The summed E-state index contributed by atoms with van der Waals surface area (Å²) < 4.78 is 7.73. The lowest BCUT2D eigenvalue weighted by Crippen LogP contribution is -2.40. The Kier molecular flexibility index (Phi) is 5.16. The summed E-state index contributed by atoms with van der Waals surface area (Å²) in [6, 6.07) is 12.1. The summed E-state index contributed by atoms with van der Waals surface area (Å²) in [7, 11) is 0. The van der Waals surface area contributed by atoms with Crippen molar-refractivity contribution in [1.82, 2.24) is 19.9 Å². The lowest BCUT2D eigenvalue weighted by atomic mass is 9.95. The Labute approximate surface area is 158 Å². The molecule has 2 aromatic heterocycles. The molecule has 1 aliphatic rings. The van der Waals surface area contributed by atoms with Gasteiger partial charge in [-0.15, -0.1) is 0 Å². The molecule has 27 heavy (non-hydrogen) atoms. The fraction of sp³-hybridized carbons (Fsp3) is 0.381. The predicted octanol–water partition coefficient (Wildman–Crippen LogP) is 2.50. The van der Waals surface area contributed by atoms with Gasteiger partial charge in [0.2, 0.25) is 5.91 Å². The number of carbonyl (C=O) groups is 1. The standard InChI is InChI=1S/C21H24N4O2/c1-15-23-18-4-2-3-5-20(18)25(15)11-8-21(26)24-19-14-27-13-17(19)12-16-6-9-22-10-7-16/h2-7,9-10,17,19H,8,11-14H2,1H3,(H,24,26)/t17-,19-/m1/s1. The van der Waals surface area contributed by atoms with Crippen LogP contribution in [0.4, 0.5) is 0 Å². The van der Waals surface area contributed by atoms with Gasteiger partial charge >= 0.3 is 0 Å². The number of rotatable bonds is 6. The van der Waals surface area contributed by atoms with Crippen molar-refractivity contribution in [2.45, 2.75) is 32.4 Å². The van der Waals surface area contributed by atoms with Crippen molar-refractivity contribution in [1.29, 1.82) is 0 Å². The van der Waals surface area contributed by atoms with Crippen molar-refractivity contribution >= 4 is 16.9 Å². The van der Waals surface area contributed by atoms with Crippen LogP contribution in [0.5, 0.6) is 0 Å². The van der Waals surface area contributed by atoms with Gasteiger partial charge < -0.3 is 14.6 Å². The smallest absolute Gasteiger partial charge is 0.222 e. The molecular formula is C21H24N4O2. The van der Waals surface area contributed by atoms with E-state index < -0.39 is 0 Å². The van der Waals surface area contributed by atoms with Gasteiger partial charge in [0.15, 0.2) is 0 Å². The molecule has 1 saturated heterocycles. The average molecular weight is 364 g/mol. The molecule has 4 rings (SSSR count). The summed E-state index contributed by atoms with van der Waals surface area (Å²) in [6.07, 6.45) is 4.92. The van der Waals surface area contributed by atoms with Gasteiger partial charge in [-0.25, -0.2) is 4.98 Å². The molecule has 0 spiro atoms. The monoisotopic (exact) mass is 364 g/mol. The van der Waals surface area contributed by atoms with Crippen LogP contribution < -0.4 is 5.32 Å². The molecular weight excluding hydrogens is 340 g/mol. The number of carbonyl (C=O) groups excluding carboxylic acids is 1. The first-order chi connectivity index (χ1) is 13.2. The Balaban J connectivity index is 1.35. The van der Waals surface area contributed by atoms with Gasteiger partial charge in [0.25, 0.3) is 0 Å². The largest absolute Gasteiger partial charge is 0.379 e. The van der Waals surface area contributed by atoms with E-state index >= 15 is 0 Å². The van der Waals surface area contributed by atoms with Gasteiger partial charge in [0.1, 0.15) is 5.82 Å². The molecule has 1 amide bonds. The molecule has 3 heterocycles. The molecule has 1 aliphatic heterocycles. The fourth-order valence-electron chi connectivity index (χ4n) is 3.75. The van der Waals surface area contributed by atoms with Crippen molar-refractivity contribution in [3.05, 3.63) is 60.2 Å². The van der Waals surface area contributed by atoms with Gasteiger partial charge in [-0.3, -0.25) is 9.78 Å². The zero-order valence-electron chi connectivity index (χ0n) is 15.5. The highest BCUT2D eigenvalue weighted by molar-refractivity contribution is 5.78. The maximum atomic E-state index is 12.5. The summed E-state index contributed by atoms with van der Waals surface area (Å²) in [4.78, 5) is 21.1. The van der Waals surface area contributed by atoms with Crippen molar-refractivity contribution < 1.29 is 9.53 Å². The minimum absolute atomic E-state index is 0.0578. The van der Waals surface area contributed by atoms with Crippen LogP contribution >= 0.6 is 0 Å². The van der Waals surface area contributed by atoms with Crippen molar-refractivity contribution in [2.24, 2.45) is 5.92 Å². The molecule has 3 aromatic rings. The SMILES string of the molecule is Cc1nc2ccccc2n1CCC(=O)N[C@@H]1COC[C@H]1Cc1ccncc1. The van der Waals surface area contributed by atoms with Crippen molar-refractivity contribution in [3.63, 3.8) is 0 Å². The maximum absolute atomic E-state index is 12.5. The van der Waals surface area contributed by atoms with Crippen molar-refractivity contribution in [2.75, 3.05) is 13.2 Å². The highest BCUT2D eigenvalue weighted by Gasteiger charge is 2.29. The van der Waals surface area contributed by atoms with Crippen LogP contribution in [0.3, 0.4) is 0 Å². The number of para-hydroxylation sites is 2. The molecule has 0 bridgehead atoms. The van der Waals surface area contributed by atoms with E-state index in [-0.39, 0.29) is 11.9 Å². The third-order valence-electron chi connectivity index (χ3n) is 5.20. The summed E-state index contributed by atoms with van der Waals surface area (Å²) in [6.45, 7) is 3.86. The topological polar surface area (TPSA) is 69.0 Å². The van der Waals surface area contributed by atoms with Gasteiger partial charge in [0, 0.05) is 31.3 Å². The van der Waals surface area contributed by atoms with Crippen LogP contribution in [0, 0.1) is 12.8 Å². The molecule has 0 saturated carbocycles. The molecule has 0 radical (unpaired) electrons. The number of hydrogen-bond acceptors (Lipinski definition) is 4. The lowest BCUT2D eigenvalue weighted by Gasteiger charge is -2.19. The number of aryl methyl sites for hydroxylation is 2. The average Bonchev–Trinajstić information content (AvgIpc) is 3.24. The van der Waals surface area contributed by atoms with E-state index in [0.29, 0.717) is 32.1 Å². The van der Waals surface area contributed by atoms with Crippen molar-refractivity contribution in [3.8, 4) is 0 Å². The summed E-state index contributed by atoms with van der Waals surface area (Å²) in [5, 5.41) is 3.17. The van der Waals surface area contributed by atoms with E-state index in [1.165, 1.54) is 5.56 Å². The Morgan fingerprint density at radius 3 is 2.89 bits per heavy atom. The molecule has 0 unspecified atom stereocenters. The zero-order valence-corrected chi connectivity index (χ0v) is 15.5. The molecule has 1 aromatic carbocycles. The van der Waals surface area contributed by atoms with Crippen LogP contribution in [0.15, 0.2) is 48.8 Å². The number of nitrogens with zero attached hydrogens (tertiary/aromatic N) is 3. The third-order valence-corrected chi connectivity index (χ3v) is 5.20. The third kappa shape index (κ3) is 4.01. The second kappa shape index (κ2) is 7.88. The normalized spacial score (nSPS) is 19.4. The van der Waals surface area contributed by atoms with E-state index in [9.17, 15) is 4.79 Å². The second-order valence-electron chi connectivity index (χ2n) is 7.08. The van der Waals surface area contributed by atoms with Crippen LogP contribution in [-0.4, -0.2) is 39.7 Å². The number of benzene rings is 1. The summed E-state index contributed by atoms with van der Waals surface area (Å²) in [5.74, 6) is 1.29. The van der Waals surface area contributed by atoms with E-state index in [1.54, 1.807) is 12.4 Å². The molecule has 1 fully saturated rings. The number of hydrogen-bond donors (Lipinski definition) is 1. The van der Waals surface area contributed by atoms with Gasteiger partial charge in [-0.2, -0.15) is 0 Å². The molecule has 2 atom stereocenters. The van der Waals surface area contributed by atoms with E-state index in [4.69, 9.17) is 4.74 Å². The van der Waals surface area contributed by atoms with E-state index in [2.05, 4.69) is 19.9 Å². The number of aromatic nitrogens is 3. The number of imidazole rings is 1. The quantitative estimate of drug-likeness (QED) is 0.730. The van der Waals surface area contributed by atoms with Crippen LogP contribution in [0.1, 0.15) is 17.8 Å². The maximum Gasteiger partial charge on any atom is 0.222 e. The number of nitrogens with one attached hydrogen (secondary N) is 1. The molecule has 6 heteroatoms. The highest BCUT2D eigenvalue weighted by Crippen LogP contribution is 2.20.